The molecular formula is C16H21NO2. The number of rotatable bonds is 4. The zero-order valence-corrected chi connectivity index (χ0v) is 11.5. The van der Waals surface area contributed by atoms with Crippen molar-refractivity contribution in [2.75, 3.05) is 39.5 Å². The van der Waals surface area contributed by atoms with E-state index in [-0.39, 0.29) is 0 Å². The van der Waals surface area contributed by atoms with Crippen LogP contribution in [0.4, 0.5) is 0 Å². The zero-order chi connectivity index (χ0) is 13.3. The number of hydrogen-bond donors (Lipinski definition) is 0. The van der Waals surface area contributed by atoms with Gasteiger partial charge in [-0.2, -0.15) is 0 Å². The Morgan fingerprint density at radius 3 is 2.58 bits per heavy atom. The molecule has 102 valence electrons. The first-order valence-electron chi connectivity index (χ1n) is 6.86. The van der Waals surface area contributed by atoms with E-state index >= 15 is 0 Å². The summed E-state index contributed by atoms with van der Waals surface area (Å²) in [4.78, 5) is 2.30. The molecule has 3 heteroatoms. The third kappa shape index (κ3) is 4.94. The summed E-state index contributed by atoms with van der Waals surface area (Å²) in [5.74, 6) is 7.09. The van der Waals surface area contributed by atoms with Gasteiger partial charge in [-0.25, -0.2) is 0 Å². The summed E-state index contributed by atoms with van der Waals surface area (Å²) in [6.07, 6.45) is 1.06. The molecule has 1 aromatic carbocycles. The fraction of sp³-hybridized carbons (Fsp3) is 0.500. The second-order valence-corrected chi connectivity index (χ2v) is 4.53. The standard InChI is InChI=1S/C16H21NO2/c1-2-15-5-7-16(8-6-15)19-12-4-3-9-17-10-13-18-14-11-17/h5-8H,2,9-14H2,1H3. The maximum absolute atomic E-state index is 5.58. The Morgan fingerprint density at radius 2 is 1.89 bits per heavy atom. The average molecular weight is 259 g/mol. The van der Waals surface area contributed by atoms with Gasteiger partial charge in [0.15, 0.2) is 0 Å². The van der Waals surface area contributed by atoms with Crippen molar-refractivity contribution in [3.63, 3.8) is 0 Å². The summed E-state index contributed by atoms with van der Waals surface area (Å²) in [7, 11) is 0. The highest BCUT2D eigenvalue weighted by Gasteiger charge is 2.07. The van der Waals surface area contributed by atoms with Crippen LogP contribution in [0.3, 0.4) is 0 Å². The Bertz CT molecular complexity index is 424. The van der Waals surface area contributed by atoms with Crippen LogP contribution in [0, 0.1) is 11.8 Å². The lowest BCUT2D eigenvalue weighted by Crippen LogP contribution is -2.36. The molecule has 0 atom stereocenters. The third-order valence-corrected chi connectivity index (χ3v) is 3.17. The smallest absolute Gasteiger partial charge is 0.149 e. The van der Waals surface area contributed by atoms with E-state index in [9.17, 15) is 0 Å². The molecule has 0 N–H and O–H groups in total. The highest BCUT2D eigenvalue weighted by atomic mass is 16.5. The number of hydrogen-bond acceptors (Lipinski definition) is 3. The molecule has 1 aliphatic heterocycles. The minimum atomic E-state index is 0.454. The summed E-state index contributed by atoms with van der Waals surface area (Å²) in [5, 5.41) is 0. The van der Waals surface area contributed by atoms with E-state index in [1.54, 1.807) is 0 Å². The maximum atomic E-state index is 5.58. The first-order valence-corrected chi connectivity index (χ1v) is 6.86. The van der Waals surface area contributed by atoms with Gasteiger partial charge in [0.25, 0.3) is 0 Å². The van der Waals surface area contributed by atoms with Crippen LogP contribution in [0.5, 0.6) is 5.75 Å². The van der Waals surface area contributed by atoms with Crippen LogP contribution in [-0.4, -0.2) is 44.4 Å². The van der Waals surface area contributed by atoms with E-state index < -0.39 is 0 Å². The van der Waals surface area contributed by atoms with Crippen LogP contribution >= 0.6 is 0 Å². The highest BCUT2D eigenvalue weighted by Crippen LogP contribution is 2.11. The number of ether oxygens (including phenoxy) is 2. The Kier molecular flexibility index (Phi) is 5.74. The van der Waals surface area contributed by atoms with E-state index in [0.717, 1.165) is 45.0 Å². The van der Waals surface area contributed by atoms with Gasteiger partial charge < -0.3 is 9.47 Å². The van der Waals surface area contributed by atoms with Crippen molar-refractivity contribution in [1.82, 2.24) is 4.90 Å². The Morgan fingerprint density at radius 1 is 1.16 bits per heavy atom. The summed E-state index contributed by atoms with van der Waals surface area (Å²) in [6, 6.07) is 8.19. The molecule has 0 unspecified atom stereocenters. The average Bonchev–Trinajstić information content (AvgIpc) is 2.49. The number of aryl methyl sites for hydroxylation is 1. The van der Waals surface area contributed by atoms with E-state index in [4.69, 9.17) is 9.47 Å². The van der Waals surface area contributed by atoms with Gasteiger partial charge in [-0.1, -0.05) is 30.9 Å². The van der Waals surface area contributed by atoms with Gasteiger partial charge in [-0.05, 0) is 24.1 Å². The van der Waals surface area contributed by atoms with Crippen molar-refractivity contribution in [3.8, 4) is 17.6 Å². The van der Waals surface area contributed by atoms with Gasteiger partial charge in [0.1, 0.15) is 12.4 Å². The fourth-order valence-electron chi connectivity index (χ4n) is 1.92. The van der Waals surface area contributed by atoms with Crippen LogP contribution in [0.25, 0.3) is 0 Å². The van der Waals surface area contributed by atoms with Gasteiger partial charge in [-0.15, -0.1) is 0 Å². The molecule has 2 rings (SSSR count). The van der Waals surface area contributed by atoms with Crippen LogP contribution in [0.2, 0.25) is 0 Å². The molecule has 0 spiro atoms. The van der Waals surface area contributed by atoms with Crippen molar-refractivity contribution in [1.29, 1.82) is 0 Å². The van der Waals surface area contributed by atoms with Crippen molar-refractivity contribution >= 4 is 0 Å². The second kappa shape index (κ2) is 7.83. The minimum absolute atomic E-state index is 0.454. The lowest BCUT2D eigenvalue weighted by Gasteiger charge is -2.24. The van der Waals surface area contributed by atoms with Crippen molar-refractivity contribution in [2.24, 2.45) is 0 Å². The van der Waals surface area contributed by atoms with Crippen molar-refractivity contribution < 1.29 is 9.47 Å². The van der Waals surface area contributed by atoms with Crippen LogP contribution in [0.1, 0.15) is 12.5 Å². The molecule has 0 aliphatic carbocycles. The first-order chi connectivity index (χ1) is 9.38. The first kappa shape index (κ1) is 13.9. The Labute approximate surface area is 115 Å². The zero-order valence-electron chi connectivity index (χ0n) is 11.5. The topological polar surface area (TPSA) is 21.7 Å². The van der Waals surface area contributed by atoms with Gasteiger partial charge in [0.05, 0.1) is 19.8 Å². The molecule has 0 bridgehead atoms. The molecule has 19 heavy (non-hydrogen) atoms. The van der Waals surface area contributed by atoms with Crippen molar-refractivity contribution in [2.45, 2.75) is 13.3 Å². The van der Waals surface area contributed by atoms with Gasteiger partial charge >= 0.3 is 0 Å². The summed E-state index contributed by atoms with van der Waals surface area (Å²) < 4.78 is 10.9. The van der Waals surface area contributed by atoms with Crippen molar-refractivity contribution in [3.05, 3.63) is 29.8 Å². The molecule has 0 saturated carbocycles. The Hall–Kier alpha value is -1.50. The normalized spacial score (nSPS) is 15.6. The minimum Gasteiger partial charge on any atom is -0.481 e. The van der Waals surface area contributed by atoms with Crippen LogP contribution in [-0.2, 0) is 11.2 Å². The monoisotopic (exact) mass is 259 g/mol. The van der Waals surface area contributed by atoms with E-state index in [1.165, 1.54) is 5.56 Å². The number of morpholine rings is 1. The lowest BCUT2D eigenvalue weighted by molar-refractivity contribution is 0.0443. The molecule has 1 saturated heterocycles. The predicted molar refractivity (Wildman–Crippen MR) is 76.4 cm³/mol. The SMILES string of the molecule is CCc1ccc(OCC#CCN2CCOCC2)cc1. The molecule has 1 aliphatic rings. The van der Waals surface area contributed by atoms with E-state index in [1.807, 2.05) is 12.1 Å². The molecule has 1 fully saturated rings. The molecule has 3 nitrogen and oxygen atoms in total. The molecular weight excluding hydrogens is 238 g/mol. The van der Waals surface area contributed by atoms with Gasteiger partial charge in [0.2, 0.25) is 0 Å². The van der Waals surface area contributed by atoms with E-state index in [0.29, 0.717) is 6.61 Å². The van der Waals surface area contributed by atoms with Gasteiger partial charge in [-0.3, -0.25) is 4.90 Å². The summed E-state index contributed by atoms with van der Waals surface area (Å²) >= 11 is 0. The summed E-state index contributed by atoms with van der Waals surface area (Å²) in [5.41, 5.74) is 1.32. The molecule has 1 aromatic rings. The van der Waals surface area contributed by atoms with E-state index in [2.05, 4.69) is 35.8 Å². The summed E-state index contributed by atoms with van der Waals surface area (Å²) in [6.45, 7) is 7.01. The number of nitrogens with zero attached hydrogens (tertiary/aromatic N) is 1. The molecule has 0 radical (unpaired) electrons. The quantitative estimate of drug-likeness (QED) is 0.772. The lowest BCUT2D eigenvalue weighted by atomic mass is 10.2. The molecule has 0 amide bonds. The third-order valence-electron chi connectivity index (χ3n) is 3.17. The molecule has 0 aromatic heterocycles. The largest absolute Gasteiger partial charge is 0.481 e. The van der Waals surface area contributed by atoms with Gasteiger partial charge in [0, 0.05) is 13.1 Å². The maximum Gasteiger partial charge on any atom is 0.149 e. The Balaban J connectivity index is 1.67. The fourth-order valence-corrected chi connectivity index (χ4v) is 1.92. The van der Waals surface area contributed by atoms with Crippen LogP contribution in [0.15, 0.2) is 24.3 Å². The second-order valence-electron chi connectivity index (χ2n) is 4.53. The predicted octanol–water partition coefficient (Wildman–Crippen LogP) is 1.96. The highest BCUT2D eigenvalue weighted by molar-refractivity contribution is 5.27. The van der Waals surface area contributed by atoms with Crippen LogP contribution < -0.4 is 4.74 Å². The number of benzene rings is 1. The molecule has 1 heterocycles.